The number of carbonyl (C=O) groups is 1. The number of aromatic nitrogens is 4. The molecule has 0 aromatic carbocycles. The van der Waals surface area contributed by atoms with Gasteiger partial charge in [0.2, 0.25) is 10.0 Å². The quantitative estimate of drug-likeness (QED) is 0.558. The molecule has 1 amide bonds. The Morgan fingerprint density at radius 3 is 2.30 bits per heavy atom. The highest BCUT2D eigenvalue weighted by atomic mass is 32.2. The normalized spacial score (nSPS) is 15.8. The van der Waals surface area contributed by atoms with Crippen molar-refractivity contribution >= 4 is 27.0 Å². The van der Waals surface area contributed by atoms with Crippen molar-refractivity contribution < 1.29 is 17.7 Å². The molecule has 0 N–H and O–H groups in total. The van der Waals surface area contributed by atoms with Crippen molar-refractivity contribution in [1.82, 2.24) is 29.1 Å². The number of hydrogen-bond acceptors (Lipinski definition) is 7. The molecule has 3 aromatic heterocycles. The third-order valence-corrected chi connectivity index (χ3v) is 8.13. The first-order valence-corrected chi connectivity index (χ1v) is 12.6. The lowest BCUT2D eigenvalue weighted by Crippen LogP contribution is -2.50. The summed E-state index contributed by atoms with van der Waals surface area (Å²) in [6, 6.07) is 1.95. The molecule has 11 heteroatoms. The lowest BCUT2D eigenvalue weighted by atomic mass is 10.0. The largest absolute Gasteiger partial charge is 0.360 e. The van der Waals surface area contributed by atoms with Gasteiger partial charge in [0.1, 0.15) is 10.6 Å². The summed E-state index contributed by atoms with van der Waals surface area (Å²) in [6.07, 6.45) is 1.69. The monoisotopic (exact) mass is 474 g/mol. The maximum absolute atomic E-state index is 13.5. The van der Waals surface area contributed by atoms with E-state index in [-0.39, 0.29) is 41.6 Å². The zero-order chi connectivity index (χ0) is 24.1. The van der Waals surface area contributed by atoms with Crippen LogP contribution in [0.1, 0.15) is 67.2 Å². The topological polar surface area (TPSA) is 114 Å². The Balaban J connectivity index is 1.61. The highest BCUT2D eigenvalue weighted by Crippen LogP contribution is 2.27. The van der Waals surface area contributed by atoms with Gasteiger partial charge in [0.15, 0.2) is 11.4 Å². The van der Waals surface area contributed by atoms with Crippen LogP contribution in [0.25, 0.3) is 11.0 Å². The maximum Gasteiger partial charge on any atom is 0.254 e. The van der Waals surface area contributed by atoms with E-state index < -0.39 is 10.0 Å². The van der Waals surface area contributed by atoms with E-state index in [1.165, 1.54) is 4.31 Å². The number of sulfonamides is 1. The zero-order valence-corrected chi connectivity index (χ0v) is 20.7. The van der Waals surface area contributed by atoms with E-state index in [2.05, 4.69) is 10.3 Å². The Hall–Kier alpha value is -2.79. The number of piperazine rings is 1. The molecule has 0 aliphatic carbocycles. The first-order chi connectivity index (χ1) is 15.5. The van der Waals surface area contributed by atoms with Crippen LogP contribution in [0.4, 0.5) is 0 Å². The van der Waals surface area contributed by atoms with Gasteiger partial charge in [0, 0.05) is 37.9 Å². The molecule has 1 fully saturated rings. The predicted molar refractivity (Wildman–Crippen MR) is 123 cm³/mol. The van der Waals surface area contributed by atoms with Crippen molar-refractivity contribution in [2.75, 3.05) is 26.2 Å². The molecule has 4 rings (SSSR count). The predicted octanol–water partition coefficient (Wildman–Crippen LogP) is 2.89. The molecular formula is C22H30N6O4S. The summed E-state index contributed by atoms with van der Waals surface area (Å²) in [6.45, 7) is 12.3. The van der Waals surface area contributed by atoms with Crippen LogP contribution in [0.5, 0.6) is 0 Å². The molecule has 1 saturated heterocycles. The number of hydrogen-bond donors (Lipinski definition) is 0. The summed E-state index contributed by atoms with van der Waals surface area (Å²) in [4.78, 5) is 20.1. The molecular weight excluding hydrogens is 444 g/mol. The molecule has 178 valence electrons. The number of pyridine rings is 1. The van der Waals surface area contributed by atoms with Crippen LogP contribution in [-0.4, -0.2) is 69.6 Å². The van der Waals surface area contributed by atoms with Gasteiger partial charge in [-0.05, 0) is 39.7 Å². The van der Waals surface area contributed by atoms with E-state index >= 15 is 0 Å². The molecule has 0 saturated carbocycles. The maximum atomic E-state index is 13.5. The minimum atomic E-state index is -3.74. The lowest BCUT2D eigenvalue weighted by Gasteiger charge is -2.34. The molecule has 1 aliphatic heterocycles. The number of amides is 1. The molecule has 3 aromatic rings. The third kappa shape index (κ3) is 4.04. The number of fused-ring (bicyclic) bond motifs is 1. The smallest absolute Gasteiger partial charge is 0.254 e. The minimum Gasteiger partial charge on any atom is -0.360 e. The van der Waals surface area contributed by atoms with Crippen LogP contribution >= 0.6 is 0 Å². The van der Waals surface area contributed by atoms with E-state index in [0.717, 1.165) is 5.69 Å². The molecule has 33 heavy (non-hydrogen) atoms. The van der Waals surface area contributed by atoms with Crippen LogP contribution in [-0.2, 0) is 10.0 Å². The van der Waals surface area contributed by atoms with Crippen LogP contribution in [0.2, 0.25) is 0 Å². The molecule has 0 bridgehead atoms. The number of carbonyl (C=O) groups excluding carboxylic acids is 1. The van der Waals surface area contributed by atoms with Crippen LogP contribution in [0.15, 0.2) is 21.7 Å². The van der Waals surface area contributed by atoms with Crippen molar-refractivity contribution in [2.45, 2.75) is 58.4 Å². The third-order valence-electron chi connectivity index (χ3n) is 5.99. The summed E-state index contributed by atoms with van der Waals surface area (Å²) in [5, 5.41) is 8.93. The van der Waals surface area contributed by atoms with E-state index in [0.29, 0.717) is 35.4 Å². The fourth-order valence-corrected chi connectivity index (χ4v) is 5.88. The fraction of sp³-hybridized carbons (Fsp3) is 0.545. The van der Waals surface area contributed by atoms with Gasteiger partial charge >= 0.3 is 0 Å². The van der Waals surface area contributed by atoms with Gasteiger partial charge in [0.25, 0.3) is 5.91 Å². The molecule has 0 spiro atoms. The van der Waals surface area contributed by atoms with Gasteiger partial charge in [-0.1, -0.05) is 19.0 Å². The Kier molecular flexibility index (Phi) is 6.04. The van der Waals surface area contributed by atoms with Gasteiger partial charge in [-0.2, -0.15) is 9.40 Å². The van der Waals surface area contributed by atoms with Gasteiger partial charge in [-0.3, -0.25) is 4.79 Å². The summed E-state index contributed by atoms with van der Waals surface area (Å²) in [5.74, 6) is 0.282. The average Bonchev–Trinajstić information content (AvgIpc) is 3.35. The summed E-state index contributed by atoms with van der Waals surface area (Å²) >= 11 is 0. The number of nitrogens with zero attached hydrogens (tertiary/aromatic N) is 6. The van der Waals surface area contributed by atoms with E-state index in [1.54, 1.807) is 24.9 Å². The van der Waals surface area contributed by atoms with Crippen molar-refractivity contribution in [2.24, 2.45) is 0 Å². The minimum absolute atomic E-state index is 0.110. The Bertz CT molecular complexity index is 1280. The summed E-state index contributed by atoms with van der Waals surface area (Å²) < 4.78 is 34.5. The standard InChI is InChI=1S/C22H30N6O4S/c1-13(2)19-11-17(18-12-23-28(14(3)4)21(18)24-19)22(29)26-7-9-27(10-8-26)33(30,31)20-15(5)25-32-16(20)6/h11-14H,7-10H2,1-6H3. The first kappa shape index (κ1) is 23.4. The molecule has 4 heterocycles. The zero-order valence-electron chi connectivity index (χ0n) is 19.9. The average molecular weight is 475 g/mol. The Morgan fingerprint density at radius 1 is 1.09 bits per heavy atom. The van der Waals surface area contributed by atoms with E-state index in [9.17, 15) is 13.2 Å². The second-order valence-corrected chi connectivity index (χ2v) is 10.9. The van der Waals surface area contributed by atoms with Gasteiger partial charge in [-0.25, -0.2) is 18.1 Å². The highest BCUT2D eigenvalue weighted by molar-refractivity contribution is 7.89. The SMILES string of the molecule is Cc1noc(C)c1S(=O)(=O)N1CCN(C(=O)c2cc(C(C)C)nc3c2cnn3C(C)C)CC1. The van der Waals surface area contributed by atoms with E-state index in [4.69, 9.17) is 9.51 Å². The molecule has 0 radical (unpaired) electrons. The second kappa shape index (κ2) is 8.53. The first-order valence-electron chi connectivity index (χ1n) is 11.1. The number of aryl methyl sites for hydroxylation is 2. The van der Waals surface area contributed by atoms with Crippen molar-refractivity contribution in [3.05, 3.63) is 35.0 Å². The van der Waals surface area contributed by atoms with Gasteiger partial charge < -0.3 is 9.42 Å². The molecule has 1 aliphatic rings. The Morgan fingerprint density at radius 2 is 1.76 bits per heavy atom. The second-order valence-electron chi connectivity index (χ2n) is 9.02. The lowest BCUT2D eigenvalue weighted by molar-refractivity contribution is 0.0699. The van der Waals surface area contributed by atoms with Gasteiger partial charge in [-0.15, -0.1) is 0 Å². The van der Waals surface area contributed by atoms with Crippen molar-refractivity contribution in [3.63, 3.8) is 0 Å². The van der Waals surface area contributed by atoms with Crippen LogP contribution in [0.3, 0.4) is 0 Å². The molecule has 0 atom stereocenters. The molecule has 10 nitrogen and oxygen atoms in total. The fourth-order valence-electron chi connectivity index (χ4n) is 4.16. The highest BCUT2D eigenvalue weighted by Gasteiger charge is 2.35. The summed E-state index contributed by atoms with van der Waals surface area (Å²) in [5.41, 5.74) is 2.42. The number of rotatable bonds is 5. The van der Waals surface area contributed by atoms with Crippen LogP contribution in [0, 0.1) is 13.8 Å². The van der Waals surface area contributed by atoms with Crippen molar-refractivity contribution in [3.8, 4) is 0 Å². The van der Waals surface area contributed by atoms with E-state index in [1.807, 2.05) is 38.4 Å². The Labute approximate surface area is 193 Å². The summed E-state index contributed by atoms with van der Waals surface area (Å²) in [7, 11) is -3.74. The van der Waals surface area contributed by atoms with Gasteiger partial charge in [0.05, 0.1) is 17.1 Å². The van der Waals surface area contributed by atoms with Crippen LogP contribution < -0.4 is 0 Å². The molecule has 0 unspecified atom stereocenters. The van der Waals surface area contributed by atoms with Crippen molar-refractivity contribution in [1.29, 1.82) is 0 Å².